The van der Waals surface area contributed by atoms with Gasteiger partial charge in [0.2, 0.25) is 5.91 Å². The number of hydrogen-bond donors (Lipinski definition) is 2. The van der Waals surface area contributed by atoms with Gasteiger partial charge in [-0.3, -0.25) is 4.79 Å². The lowest BCUT2D eigenvalue weighted by molar-refractivity contribution is -0.148. The summed E-state index contributed by atoms with van der Waals surface area (Å²) in [6, 6.07) is 15.0. The van der Waals surface area contributed by atoms with Crippen molar-refractivity contribution in [2.24, 2.45) is 0 Å². The summed E-state index contributed by atoms with van der Waals surface area (Å²) in [5, 5.41) is 11.8. The zero-order valence-electron chi connectivity index (χ0n) is 16.2. The topological polar surface area (TPSA) is 113 Å². The molecule has 0 radical (unpaired) electrons. The summed E-state index contributed by atoms with van der Waals surface area (Å²) in [5.74, 6) is -2.45. The lowest BCUT2D eigenvalue weighted by Gasteiger charge is -2.27. The Morgan fingerprint density at radius 1 is 1.03 bits per heavy atom. The summed E-state index contributed by atoms with van der Waals surface area (Å²) in [5.41, 5.74) is 0.973. The molecular weight excluding hydrogens is 388 g/mol. The van der Waals surface area contributed by atoms with E-state index in [9.17, 15) is 24.3 Å². The molecule has 0 unspecified atom stereocenters. The second kappa shape index (κ2) is 9.69. The lowest BCUT2D eigenvalue weighted by atomic mass is 10.0. The molecule has 1 aliphatic heterocycles. The molecule has 156 valence electrons. The Morgan fingerprint density at radius 2 is 1.67 bits per heavy atom. The number of ether oxygens (including phenoxy) is 1. The number of benzene rings is 2. The lowest BCUT2D eigenvalue weighted by Crippen LogP contribution is -2.52. The van der Waals surface area contributed by atoms with E-state index in [1.165, 1.54) is 17.0 Å². The molecule has 0 aromatic heterocycles. The number of nitrogens with zero attached hydrogens (tertiary/aromatic N) is 1. The third kappa shape index (κ3) is 5.22. The van der Waals surface area contributed by atoms with E-state index in [2.05, 4.69) is 5.32 Å². The van der Waals surface area contributed by atoms with Crippen molar-refractivity contribution in [1.29, 1.82) is 0 Å². The molecule has 2 amide bonds. The van der Waals surface area contributed by atoms with E-state index in [0.717, 1.165) is 5.56 Å². The number of carboxylic acids is 1. The molecule has 0 aliphatic carbocycles. The number of rotatable bonds is 6. The van der Waals surface area contributed by atoms with Crippen molar-refractivity contribution < 1.29 is 29.0 Å². The first kappa shape index (κ1) is 21.0. The minimum Gasteiger partial charge on any atom is -0.480 e. The quantitative estimate of drug-likeness (QED) is 0.558. The van der Waals surface area contributed by atoms with Crippen molar-refractivity contribution in [3.63, 3.8) is 0 Å². The number of hydrogen-bond acceptors (Lipinski definition) is 5. The van der Waals surface area contributed by atoms with Crippen molar-refractivity contribution in [3.8, 4) is 0 Å². The number of esters is 1. The van der Waals surface area contributed by atoms with Gasteiger partial charge < -0.3 is 20.1 Å². The normalized spacial score (nSPS) is 16.5. The number of carbonyl (C=O) groups is 4. The fraction of sp³-hybridized carbons (Fsp3) is 0.273. The Hall–Kier alpha value is -3.68. The van der Waals surface area contributed by atoms with E-state index >= 15 is 0 Å². The molecule has 0 bridgehead atoms. The zero-order chi connectivity index (χ0) is 21.5. The minimum absolute atomic E-state index is 0.136. The van der Waals surface area contributed by atoms with Crippen LogP contribution in [-0.4, -0.2) is 52.6 Å². The SMILES string of the molecule is O=C(N[C@H](Cc1ccccc1)C(=O)N1CCC[C@H]1C(=O)O)OC(=O)c1ccccc1. The van der Waals surface area contributed by atoms with E-state index in [1.807, 2.05) is 6.07 Å². The number of likely N-dealkylation sites (tertiary alicyclic amines) is 1. The zero-order valence-corrected chi connectivity index (χ0v) is 16.2. The predicted octanol–water partition coefficient (Wildman–Crippen LogP) is 2.24. The third-order valence-corrected chi connectivity index (χ3v) is 4.89. The van der Waals surface area contributed by atoms with Crippen molar-refractivity contribution in [2.45, 2.75) is 31.3 Å². The molecule has 3 rings (SSSR count). The highest BCUT2D eigenvalue weighted by Crippen LogP contribution is 2.19. The first-order valence-electron chi connectivity index (χ1n) is 9.60. The van der Waals surface area contributed by atoms with Gasteiger partial charge in [-0.15, -0.1) is 0 Å². The molecule has 30 heavy (non-hydrogen) atoms. The molecule has 0 saturated carbocycles. The van der Waals surface area contributed by atoms with Crippen LogP contribution in [0.25, 0.3) is 0 Å². The standard InChI is InChI=1S/C22H22N2O6/c25-19(24-13-7-12-18(24)20(26)27)17(14-15-8-3-1-4-9-15)23-22(29)30-21(28)16-10-5-2-6-11-16/h1-6,8-11,17-18H,7,12-14H2,(H,23,29)(H,26,27)/t17-,18+/m1/s1. The number of alkyl carbamates (subject to hydrolysis) is 1. The summed E-state index contributed by atoms with van der Waals surface area (Å²) in [6.07, 6.45) is -0.00512. The summed E-state index contributed by atoms with van der Waals surface area (Å²) in [7, 11) is 0. The maximum atomic E-state index is 13.1. The van der Waals surface area contributed by atoms with Crippen molar-refractivity contribution in [1.82, 2.24) is 10.2 Å². The number of aliphatic carboxylic acids is 1. The van der Waals surface area contributed by atoms with Crippen molar-refractivity contribution in [3.05, 3.63) is 71.8 Å². The summed E-state index contributed by atoms with van der Waals surface area (Å²) in [4.78, 5) is 50.2. The molecule has 8 nitrogen and oxygen atoms in total. The van der Waals surface area contributed by atoms with Gasteiger partial charge in [-0.05, 0) is 30.5 Å². The average molecular weight is 410 g/mol. The molecule has 2 aromatic carbocycles. The monoisotopic (exact) mass is 410 g/mol. The maximum absolute atomic E-state index is 13.1. The largest absolute Gasteiger partial charge is 0.480 e. The van der Waals surface area contributed by atoms with Crippen LogP contribution in [0.5, 0.6) is 0 Å². The van der Waals surface area contributed by atoms with Crippen LogP contribution in [0, 0.1) is 0 Å². The number of nitrogens with one attached hydrogen (secondary N) is 1. The molecule has 1 saturated heterocycles. The first-order valence-corrected chi connectivity index (χ1v) is 9.60. The smallest absolute Gasteiger partial charge is 0.415 e. The van der Waals surface area contributed by atoms with Gasteiger partial charge in [0, 0.05) is 13.0 Å². The molecule has 2 N–H and O–H groups in total. The van der Waals surface area contributed by atoms with Gasteiger partial charge in [-0.2, -0.15) is 0 Å². The highest BCUT2D eigenvalue weighted by atomic mass is 16.6. The van der Waals surface area contributed by atoms with Gasteiger partial charge in [0.25, 0.3) is 0 Å². The molecule has 1 heterocycles. The van der Waals surface area contributed by atoms with E-state index in [4.69, 9.17) is 4.74 Å². The molecule has 1 fully saturated rings. The van der Waals surface area contributed by atoms with Gasteiger partial charge in [-0.1, -0.05) is 48.5 Å². The fourth-order valence-electron chi connectivity index (χ4n) is 3.43. The number of carboxylic acid groups (broad SMARTS) is 1. The van der Waals surface area contributed by atoms with E-state index in [0.29, 0.717) is 19.4 Å². The molecule has 1 aliphatic rings. The Labute approximate surface area is 173 Å². The number of amides is 2. The van der Waals surface area contributed by atoms with Gasteiger partial charge in [0.1, 0.15) is 12.1 Å². The Balaban J connectivity index is 1.74. The highest BCUT2D eigenvalue weighted by Gasteiger charge is 2.38. The van der Waals surface area contributed by atoms with Gasteiger partial charge in [0.15, 0.2) is 0 Å². The van der Waals surface area contributed by atoms with Crippen LogP contribution in [0.1, 0.15) is 28.8 Å². The average Bonchev–Trinajstić information content (AvgIpc) is 3.24. The Morgan fingerprint density at radius 3 is 2.30 bits per heavy atom. The highest BCUT2D eigenvalue weighted by molar-refractivity contribution is 5.97. The van der Waals surface area contributed by atoms with Crippen LogP contribution in [0.15, 0.2) is 60.7 Å². The van der Waals surface area contributed by atoms with Gasteiger partial charge in [0.05, 0.1) is 5.56 Å². The third-order valence-electron chi connectivity index (χ3n) is 4.89. The van der Waals surface area contributed by atoms with Crippen LogP contribution < -0.4 is 5.32 Å². The van der Waals surface area contributed by atoms with Crippen molar-refractivity contribution in [2.75, 3.05) is 6.54 Å². The van der Waals surface area contributed by atoms with Crippen molar-refractivity contribution >= 4 is 23.9 Å². The Kier molecular flexibility index (Phi) is 6.79. The molecular formula is C22H22N2O6. The molecule has 2 aromatic rings. The summed E-state index contributed by atoms with van der Waals surface area (Å²) in [6.45, 7) is 0.292. The Bertz CT molecular complexity index is 916. The summed E-state index contributed by atoms with van der Waals surface area (Å²) >= 11 is 0. The van der Waals surface area contributed by atoms with Crippen LogP contribution in [-0.2, 0) is 20.7 Å². The second-order valence-corrected chi connectivity index (χ2v) is 6.96. The van der Waals surface area contributed by atoms with E-state index in [1.54, 1.807) is 42.5 Å². The van der Waals surface area contributed by atoms with Gasteiger partial charge >= 0.3 is 18.0 Å². The van der Waals surface area contributed by atoms with Crippen LogP contribution in [0.4, 0.5) is 4.79 Å². The summed E-state index contributed by atoms with van der Waals surface area (Å²) < 4.78 is 4.82. The first-order chi connectivity index (χ1) is 14.5. The van der Waals surface area contributed by atoms with E-state index in [-0.39, 0.29) is 12.0 Å². The van der Waals surface area contributed by atoms with Gasteiger partial charge in [-0.25, -0.2) is 14.4 Å². The second-order valence-electron chi connectivity index (χ2n) is 6.96. The van der Waals surface area contributed by atoms with Crippen LogP contribution in [0.2, 0.25) is 0 Å². The number of carbonyl (C=O) groups excluding carboxylic acids is 3. The molecule has 8 heteroatoms. The molecule has 0 spiro atoms. The fourth-order valence-corrected chi connectivity index (χ4v) is 3.43. The predicted molar refractivity (Wildman–Crippen MR) is 107 cm³/mol. The molecule has 2 atom stereocenters. The van der Waals surface area contributed by atoms with Crippen LogP contribution in [0.3, 0.4) is 0 Å². The minimum atomic E-state index is -1.08. The van der Waals surface area contributed by atoms with E-state index < -0.39 is 36.0 Å². The maximum Gasteiger partial charge on any atom is 0.415 e. The van der Waals surface area contributed by atoms with Crippen LogP contribution >= 0.6 is 0 Å².